The van der Waals surface area contributed by atoms with Gasteiger partial charge in [0.1, 0.15) is 0 Å². The monoisotopic (exact) mass is 382 g/mol. The van der Waals surface area contributed by atoms with Crippen LogP contribution in [-0.4, -0.2) is 9.97 Å². The van der Waals surface area contributed by atoms with Gasteiger partial charge in [0.05, 0.1) is 11.4 Å². The summed E-state index contributed by atoms with van der Waals surface area (Å²) in [6.45, 7) is 0. The van der Waals surface area contributed by atoms with Crippen LogP contribution in [0.4, 0.5) is 11.6 Å². The Hall–Kier alpha value is -3.28. The lowest BCUT2D eigenvalue weighted by Crippen LogP contribution is -1.94. The third-order valence-electron chi connectivity index (χ3n) is 3.37. The predicted octanol–water partition coefficient (Wildman–Crippen LogP) is 7.00. The molecule has 1 heterocycles. The van der Waals surface area contributed by atoms with E-state index in [4.69, 9.17) is 34.3 Å². The number of nitrogens with zero attached hydrogens (tertiary/aromatic N) is 8. The van der Waals surface area contributed by atoms with Crippen molar-refractivity contribution in [1.29, 1.82) is 0 Å². The molecule has 3 aromatic rings. The Morgan fingerprint density at radius 3 is 1.31 bits per heavy atom. The summed E-state index contributed by atoms with van der Waals surface area (Å²) in [4.78, 5) is 14.1. The van der Waals surface area contributed by atoms with Gasteiger partial charge in [-0.05, 0) is 45.6 Å². The molecule has 0 aliphatic heterocycles. The summed E-state index contributed by atoms with van der Waals surface area (Å²) >= 11 is 11.9. The van der Waals surface area contributed by atoms with Crippen LogP contribution >= 0.6 is 23.2 Å². The highest BCUT2D eigenvalue weighted by atomic mass is 35.5. The third-order valence-corrected chi connectivity index (χ3v) is 3.88. The van der Waals surface area contributed by atoms with E-state index in [0.29, 0.717) is 32.6 Å². The maximum atomic E-state index is 8.75. The molecule has 126 valence electrons. The van der Waals surface area contributed by atoms with E-state index in [1.165, 1.54) is 0 Å². The Morgan fingerprint density at radius 2 is 1.00 bits per heavy atom. The van der Waals surface area contributed by atoms with E-state index in [9.17, 15) is 0 Å². The van der Waals surface area contributed by atoms with Crippen LogP contribution in [0.1, 0.15) is 0 Å². The highest BCUT2D eigenvalue weighted by molar-refractivity contribution is 6.31. The van der Waals surface area contributed by atoms with Crippen LogP contribution in [0.25, 0.3) is 43.4 Å². The largest absolute Gasteiger partial charge is 0.242 e. The minimum atomic E-state index is -0.118. The van der Waals surface area contributed by atoms with Gasteiger partial charge >= 0.3 is 0 Å². The first kappa shape index (κ1) is 17.5. The lowest BCUT2D eigenvalue weighted by molar-refractivity contribution is 1.15. The van der Waals surface area contributed by atoms with Gasteiger partial charge in [-0.25, -0.2) is 9.97 Å². The van der Waals surface area contributed by atoms with Crippen molar-refractivity contribution in [3.8, 4) is 22.5 Å². The van der Waals surface area contributed by atoms with Gasteiger partial charge in [0.2, 0.25) is 0 Å². The van der Waals surface area contributed by atoms with E-state index < -0.39 is 0 Å². The third kappa shape index (κ3) is 3.69. The number of hydrogen-bond donors (Lipinski definition) is 0. The zero-order chi connectivity index (χ0) is 18.5. The Bertz CT molecular complexity index is 964. The molecule has 26 heavy (non-hydrogen) atoms. The molecular formula is C16H8Cl2N8. The molecule has 0 radical (unpaired) electrons. The van der Waals surface area contributed by atoms with Crippen LogP contribution in [0, 0.1) is 0 Å². The topological polar surface area (TPSA) is 123 Å². The summed E-state index contributed by atoms with van der Waals surface area (Å²) < 4.78 is 0. The van der Waals surface area contributed by atoms with E-state index in [1.807, 2.05) is 0 Å². The standard InChI is InChI=1S/C16H8Cl2N8/c17-11-5-1-9(2-6-11)13-14(10-3-7-12(18)8-4-10)22-16(24-26-20)15(21-13)23-25-19/h1-8H. The van der Waals surface area contributed by atoms with E-state index in [0.717, 1.165) is 0 Å². The molecule has 3 rings (SSSR count). The van der Waals surface area contributed by atoms with Crippen LogP contribution in [-0.2, 0) is 0 Å². The second-order valence-corrected chi connectivity index (χ2v) is 5.83. The quantitative estimate of drug-likeness (QED) is 0.273. The maximum Gasteiger partial charge on any atom is 0.155 e. The van der Waals surface area contributed by atoms with Crippen LogP contribution in [0.3, 0.4) is 0 Å². The van der Waals surface area contributed by atoms with Crippen molar-refractivity contribution in [1.82, 2.24) is 9.97 Å². The van der Waals surface area contributed by atoms with Crippen LogP contribution in [0.5, 0.6) is 0 Å². The van der Waals surface area contributed by atoms with Gasteiger partial charge in [-0.1, -0.05) is 47.5 Å². The number of azide groups is 2. The van der Waals surface area contributed by atoms with Crippen molar-refractivity contribution in [2.24, 2.45) is 10.2 Å². The molecule has 0 amide bonds. The molecule has 0 spiro atoms. The number of aromatic nitrogens is 2. The molecule has 0 fully saturated rings. The Morgan fingerprint density at radius 1 is 0.654 bits per heavy atom. The molecule has 0 unspecified atom stereocenters. The zero-order valence-corrected chi connectivity index (χ0v) is 14.5. The number of rotatable bonds is 4. The molecule has 1 aromatic heterocycles. The number of benzene rings is 2. The fourth-order valence-corrected chi connectivity index (χ4v) is 2.51. The van der Waals surface area contributed by atoms with Gasteiger partial charge in [-0.2, -0.15) is 0 Å². The van der Waals surface area contributed by atoms with Gasteiger partial charge in [0, 0.05) is 31.0 Å². The maximum absolute atomic E-state index is 8.75. The first-order chi connectivity index (χ1) is 12.6. The van der Waals surface area contributed by atoms with Crippen LogP contribution in [0.2, 0.25) is 10.0 Å². The smallest absolute Gasteiger partial charge is 0.155 e. The van der Waals surface area contributed by atoms with Gasteiger partial charge in [0.15, 0.2) is 11.6 Å². The summed E-state index contributed by atoms with van der Waals surface area (Å²) in [5.41, 5.74) is 19.8. The highest BCUT2D eigenvalue weighted by Crippen LogP contribution is 2.36. The van der Waals surface area contributed by atoms with E-state index in [2.05, 4.69) is 30.0 Å². The normalized spacial score (nSPS) is 9.92. The molecular weight excluding hydrogens is 375 g/mol. The second-order valence-electron chi connectivity index (χ2n) is 4.96. The van der Waals surface area contributed by atoms with Crippen LogP contribution < -0.4 is 0 Å². The molecule has 0 atom stereocenters. The Balaban J connectivity index is 2.32. The van der Waals surface area contributed by atoms with Crippen molar-refractivity contribution in [2.75, 3.05) is 0 Å². The van der Waals surface area contributed by atoms with Gasteiger partial charge < -0.3 is 0 Å². The van der Waals surface area contributed by atoms with Crippen molar-refractivity contribution in [3.63, 3.8) is 0 Å². The molecule has 10 heteroatoms. The van der Waals surface area contributed by atoms with Gasteiger partial charge in [-0.15, -0.1) is 0 Å². The van der Waals surface area contributed by atoms with Gasteiger partial charge in [-0.3, -0.25) is 0 Å². The fraction of sp³-hybridized carbons (Fsp3) is 0. The molecule has 0 aliphatic carbocycles. The molecule has 0 N–H and O–H groups in total. The minimum Gasteiger partial charge on any atom is -0.242 e. The molecule has 0 saturated heterocycles. The molecule has 0 saturated carbocycles. The molecule has 8 nitrogen and oxygen atoms in total. The lowest BCUT2D eigenvalue weighted by atomic mass is 10.0. The predicted molar refractivity (Wildman–Crippen MR) is 101 cm³/mol. The number of hydrogen-bond acceptors (Lipinski definition) is 4. The zero-order valence-electron chi connectivity index (χ0n) is 13.0. The SMILES string of the molecule is [N-]=[N+]=Nc1nc(-c2ccc(Cl)cc2)c(-c2ccc(Cl)cc2)nc1N=[N+]=[N-]. The summed E-state index contributed by atoms with van der Waals surface area (Å²) in [6, 6.07) is 13.9. The fourth-order valence-electron chi connectivity index (χ4n) is 2.25. The van der Waals surface area contributed by atoms with Gasteiger partial charge in [0.25, 0.3) is 0 Å². The van der Waals surface area contributed by atoms with E-state index in [1.54, 1.807) is 48.5 Å². The first-order valence-electron chi connectivity index (χ1n) is 7.16. The summed E-state index contributed by atoms with van der Waals surface area (Å²) in [5, 5.41) is 8.08. The average Bonchev–Trinajstić information content (AvgIpc) is 2.65. The second kappa shape index (κ2) is 7.74. The molecule has 0 aliphatic rings. The first-order valence-corrected chi connectivity index (χ1v) is 7.92. The van der Waals surface area contributed by atoms with E-state index in [-0.39, 0.29) is 11.6 Å². The van der Waals surface area contributed by atoms with Crippen molar-refractivity contribution < 1.29 is 0 Å². The molecule has 2 aromatic carbocycles. The van der Waals surface area contributed by atoms with E-state index >= 15 is 0 Å². The molecule has 0 bridgehead atoms. The highest BCUT2D eigenvalue weighted by Gasteiger charge is 2.16. The van der Waals surface area contributed by atoms with Crippen molar-refractivity contribution in [3.05, 3.63) is 79.5 Å². The summed E-state index contributed by atoms with van der Waals surface area (Å²) in [7, 11) is 0. The van der Waals surface area contributed by atoms with Crippen molar-refractivity contribution in [2.45, 2.75) is 0 Å². The summed E-state index contributed by atoms with van der Waals surface area (Å²) in [6.07, 6.45) is 0. The van der Waals surface area contributed by atoms with Crippen molar-refractivity contribution >= 4 is 34.8 Å². The Labute approximate surface area is 157 Å². The average molecular weight is 383 g/mol. The Kier molecular flexibility index (Phi) is 5.22. The lowest BCUT2D eigenvalue weighted by Gasteiger charge is -2.11. The minimum absolute atomic E-state index is 0.118. The number of halogens is 2. The van der Waals surface area contributed by atoms with Crippen LogP contribution in [0.15, 0.2) is 58.8 Å². The summed E-state index contributed by atoms with van der Waals surface area (Å²) in [5.74, 6) is -0.235.